The summed E-state index contributed by atoms with van der Waals surface area (Å²) >= 11 is 3.58. The second-order valence-corrected chi connectivity index (χ2v) is 7.24. The average Bonchev–Trinajstić information content (AvgIpc) is 3.22. The Kier molecular flexibility index (Phi) is 7.39. The molecule has 2 heterocycles. The fraction of sp³-hybridized carbons (Fsp3) is 0.438. The third-order valence-corrected chi connectivity index (χ3v) is 5.01. The number of nitrogens with one attached hydrogen (secondary N) is 2. The summed E-state index contributed by atoms with van der Waals surface area (Å²) in [5, 5.41) is 9.42. The first-order valence-electron chi connectivity index (χ1n) is 7.37. The largest absolute Gasteiger partial charge is 0.469 e. The smallest absolute Gasteiger partial charge is 0.191 e. The van der Waals surface area contributed by atoms with Crippen molar-refractivity contribution in [3.05, 3.63) is 46.5 Å². The fourth-order valence-electron chi connectivity index (χ4n) is 1.82. The molecule has 0 aliphatic rings. The Morgan fingerprint density at radius 2 is 2.27 bits per heavy atom. The lowest BCUT2D eigenvalue weighted by atomic mass is 10.3. The standard InChI is InChI=1S/C16H23N3OS2/c1-13(21-2)11-18-16(19-12-15-6-4-10-22-15)17-8-7-14-5-3-9-20-14/h3-6,9-10,13H,7-8,11-12H2,1-2H3,(H2,17,18,19). The second kappa shape index (κ2) is 9.58. The number of guanidine groups is 1. The molecule has 6 heteroatoms. The molecule has 0 amide bonds. The molecule has 2 N–H and O–H groups in total. The van der Waals surface area contributed by atoms with Crippen LogP contribution in [0.4, 0.5) is 0 Å². The quantitative estimate of drug-likeness (QED) is 0.573. The van der Waals surface area contributed by atoms with Gasteiger partial charge in [0.05, 0.1) is 12.8 Å². The Hall–Kier alpha value is -1.40. The molecule has 0 saturated heterocycles. The molecular formula is C16H23N3OS2. The minimum Gasteiger partial charge on any atom is -0.469 e. The van der Waals surface area contributed by atoms with E-state index in [0.717, 1.165) is 31.2 Å². The third kappa shape index (κ3) is 6.15. The molecule has 22 heavy (non-hydrogen) atoms. The summed E-state index contributed by atoms with van der Waals surface area (Å²) < 4.78 is 5.35. The average molecular weight is 338 g/mol. The number of thioether (sulfide) groups is 1. The van der Waals surface area contributed by atoms with Crippen LogP contribution >= 0.6 is 23.1 Å². The van der Waals surface area contributed by atoms with Crippen LogP contribution < -0.4 is 10.6 Å². The van der Waals surface area contributed by atoms with E-state index in [1.54, 1.807) is 17.6 Å². The summed E-state index contributed by atoms with van der Waals surface area (Å²) in [5.74, 6) is 1.85. The number of hydrogen-bond acceptors (Lipinski definition) is 4. The molecular weight excluding hydrogens is 314 g/mol. The van der Waals surface area contributed by atoms with Gasteiger partial charge in [0, 0.05) is 29.6 Å². The van der Waals surface area contributed by atoms with E-state index in [4.69, 9.17) is 4.42 Å². The zero-order valence-electron chi connectivity index (χ0n) is 13.0. The topological polar surface area (TPSA) is 49.6 Å². The summed E-state index contributed by atoms with van der Waals surface area (Å²) in [4.78, 5) is 5.92. The van der Waals surface area contributed by atoms with Gasteiger partial charge in [-0.15, -0.1) is 11.3 Å². The van der Waals surface area contributed by atoms with E-state index in [9.17, 15) is 0 Å². The molecule has 0 fully saturated rings. The molecule has 0 aromatic carbocycles. The lowest BCUT2D eigenvalue weighted by Gasteiger charge is -2.14. The zero-order chi connectivity index (χ0) is 15.6. The van der Waals surface area contributed by atoms with Crippen molar-refractivity contribution >= 4 is 29.1 Å². The van der Waals surface area contributed by atoms with E-state index < -0.39 is 0 Å². The SMILES string of the molecule is CSC(C)CNC(=NCc1cccs1)NCCc1ccco1. The first-order valence-corrected chi connectivity index (χ1v) is 9.54. The van der Waals surface area contributed by atoms with Gasteiger partial charge < -0.3 is 15.1 Å². The van der Waals surface area contributed by atoms with Gasteiger partial charge in [-0.2, -0.15) is 11.8 Å². The van der Waals surface area contributed by atoms with E-state index in [1.165, 1.54) is 4.88 Å². The minimum absolute atomic E-state index is 0.554. The molecule has 2 rings (SSSR count). The normalized spacial score (nSPS) is 13.1. The van der Waals surface area contributed by atoms with Crippen LogP contribution in [0.15, 0.2) is 45.3 Å². The Balaban J connectivity index is 1.84. The Labute approximate surface area is 140 Å². The molecule has 1 atom stereocenters. The number of aliphatic imine (C=N–C) groups is 1. The monoisotopic (exact) mass is 337 g/mol. The van der Waals surface area contributed by atoms with Gasteiger partial charge in [-0.1, -0.05) is 13.0 Å². The summed E-state index contributed by atoms with van der Waals surface area (Å²) in [7, 11) is 0. The van der Waals surface area contributed by atoms with Crippen molar-refractivity contribution < 1.29 is 4.42 Å². The molecule has 0 aliphatic carbocycles. The highest BCUT2D eigenvalue weighted by Gasteiger charge is 2.04. The molecule has 2 aromatic heterocycles. The maximum atomic E-state index is 5.35. The van der Waals surface area contributed by atoms with Crippen LogP contribution in [0, 0.1) is 0 Å². The third-order valence-electron chi connectivity index (χ3n) is 3.18. The molecule has 0 radical (unpaired) electrons. The molecule has 0 bridgehead atoms. The van der Waals surface area contributed by atoms with Gasteiger partial charge in [-0.05, 0) is 29.8 Å². The Morgan fingerprint density at radius 3 is 2.95 bits per heavy atom. The van der Waals surface area contributed by atoms with Crippen molar-refractivity contribution in [3.8, 4) is 0 Å². The first-order chi connectivity index (χ1) is 10.8. The van der Waals surface area contributed by atoms with Crippen molar-refractivity contribution in [1.29, 1.82) is 0 Å². The number of hydrogen-bond donors (Lipinski definition) is 2. The highest BCUT2D eigenvalue weighted by molar-refractivity contribution is 7.99. The summed E-state index contributed by atoms with van der Waals surface area (Å²) in [5.41, 5.74) is 0. The van der Waals surface area contributed by atoms with Gasteiger partial charge in [0.1, 0.15) is 5.76 Å². The van der Waals surface area contributed by atoms with Gasteiger partial charge in [0.15, 0.2) is 5.96 Å². The lowest BCUT2D eigenvalue weighted by molar-refractivity contribution is 0.506. The van der Waals surface area contributed by atoms with Gasteiger partial charge in [0.2, 0.25) is 0 Å². The van der Waals surface area contributed by atoms with Crippen LogP contribution in [-0.4, -0.2) is 30.6 Å². The number of nitrogens with zero attached hydrogens (tertiary/aromatic N) is 1. The summed E-state index contributed by atoms with van der Waals surface area (Å²) in [6.45, 7) is 4.62. The van der Waals surface area contributed by atoms with E-state index in [-0.39, 0.29) is 0 Å². The van der Waals surface area contributed by atoms with E-state index in [2.05, 4.69) is 46.3 Å². The van der Waals surface area contributed by atoms with E-state index >= 15 is 0 Å². The molecule has 0 aliphatic heterocycles. The van der Waals surface area contributed by atoms with E-state index in [0.29, 0.717) is 11.8 Å². The van der Waals surface area contributed by atoms with Gasteiger partial charge in [-0.3, -0.25) is 0 Å². The van der Waals surface area contributed by atoms with Gasteiger partial charge >= 0.3 is 0 Å². The van der Waals surface area contributed by atoms with E-state index in [1.807, 2.05) is 23.9 Å². The highest BCUT2D eigenvalue weighted by Crippen LogP contribution is 2.09. The van der Waals surface area contributed by atoms with Crippen molar-refractivity contribution in [3.63, 3.8) is 0 Å². The van der Waals surface area contributed by atoms with Crippen molar-refractivity contribution in [2.45, 2.75) is 25.1 Å². The van der Waals surface area contributed by atoms with Gasteiger partial charge in [0.25, 0.3) is 0 Å². The molecule has 4 nitrogen and oxygen atoms in total. The number of rotatable bonds is 8. The fourth-order valence-corrected chi connectivity index (χ4v) is 2.69. The first kappa shape index (κ1) is 17.0. The molecule has 120 valence electrons. The zero-order valence-corrected chi connectivity index (χ0v) is 14.7. The molecule has 0 spiro atoms. The Morgan fingerprint density at radius 1 is 1.36 bits per heavy atom. The van der Waals surface area contributed by atoms with Crippen LogP contribution in [0.1, 0.15) is 17.6 Å². The number of thiophene rings is 1. The highest BCUT2D eigenvalue weighted by atomic mass is 32.2. The molecule has 0 saturated carbocycles. The van der Waals surface area contributed by atoms with Gasteiger partial charge in [-0.25, -0.2) is 4.99 Å². The van der Waals surface area contributed by atoms with Crippen molar-refractivity contribution in [2.75, 3.05) is 19.3 Å². The second-order valence-electron chi connectivity index (χ2n) is 4.93. The van der Waals surface area contributed by atoms with Crippen LogP contribution in [0.5, 0.6) is 0 Å². The van der Waals surface area contributed by atoms with Crippen LogP contribution in [0.2, 0.25) is 0 Å². The predicted octanol–water partition coefficient (Wildman–Crippen LogP) is 3.37. The predicted molar refractivity (Wildman–Crippen MR) is 96.9 cm³/mol. The van der Waals surface area contributed by atoms with Crippen LogP contribution in [-0.2, 0) is 13.0 Å². The minimum atomic E-state index is 0.554. The summed E-state index contributed by atoms with van der Waals surface area (Å²) in [6, 6.07) is 8.08. The molecule has 2 aromatic rings. The van der Waals surface area contributed by atoms with Crippen LogP contribution in [0.3, 0.4) is 0 Å². The number of furan rings is 1. The Bertz CT molecular complexity index is 538. The lowest BCUT2D eigenvalue weighted by Crippen LogP contribution is -2.41. The maximum Gasteiger partial charge on any atom is 0.191 e. The van der Waals surface area contributed by atoms with Crippen molar-refractivity contribution in [1.82, 2.24) is 10.6 Å². The maximum absolute atomic E-state index is 5.35. The summed E-state index contributed by atoms with van der Waals surface area (Å²) in [6.07, 6.45) is 4.68. The molecule has 1 unspecified atom stereocenters. The van der Waals surface area contributed by atoms with Crippen LogP contribution in [0.25, 0.3) is 0 Å². The van der Waals surface area contributed by atoms with Crippen molar-refractivity contribution in [2.24, 2.45) is 4.99 Å².